The summed E-state index contributed by atoms with van der Waals surface area (Å²) in [4.78, 5) is 6.26. The summed E-state index contributed by atoms with van der Waals surface area (Å²) in [5.74, 6) is 0.765. The van der Waals surface area contributed by atoms with E-state index in [0.717, 1.165) is 11.4 Å². The molecule has 1 aromatic heterocycles. The number of rotatable bonds is 7. The SMILES string of the molecule is COCCN(CCC#N)c1cc(C(C)O)ccn1. The van der Waals surface area contributed by atoms with E-state index in [-0.39, 0.29) is 0 Å². The number of methoxy groups -OCH3 is 1. The van der Waals surface area contributed by atoms with Gasteiger partial charge in [-0.25, -0.2) is 4.98 Å². The van der Waals surface area contributed by atoms with E-state index in [2.05, 4.69) is 11.1 Å². The van der Waals surface area contributed by atoms with Crippen molar-refractivity contribution in [3.63, 3.8) is 0 Å². The van der Waals surface area contributed by atoms with Crippen LogP contribution in [0.1, 0.15) is 25.0 Å². The normalized spacial score (nSPS) is 11.9. The fraction of sp³-hybridized carbons (Fsp3) is 0.538. The number of aliphatic hydroxyl groups excluding tert-OH is 1. The summed E-state index contributed by atoms with van der Waals surface area (Å²) in [7, 11) is 1.64. The van der Waals surface area contributed by atoms with Gasteiger partial charge in [-0.2, -0.15) is 5.26 Å². The number of nitriles is 1. The zero-order chi connectivity index (χ0) is 13.4. The lowest BCUT2D eigenvalue weighted by atomic mass is 10.1. The van der Waals surface area contributed by atoms with Crippen LogP contribution in [0.5, 0.6) is 0 Å². The standard InChI is InChI=1S/C13H19N3O2/c1-11(17)12-4-6-15-13(10-12)16(7-3-5-14)8-9-18-2/h4,6,10-11,17H,3,7-9H2,1-2H3. The van der Waals surface area contributed by atoms with Gasteiger partial charge in [0.05, 0.1) is 25.2 Å². The average Bonchev–Trinajstić information content (AvgIpc) is 2.39. The number of aromatic nitrogens is 1. The Hall–Kier alpha value is -1.64. The molecular formula is C13H19N3O2. The van der Waals surface area contributed by atoms with Gasteiger partial charge in [-0.1, -0.05) is 0 Å². The third kappa shape index (κ3) is 4.32. The van der Waals surface area contributed by atoms with E-state index < -0.39 is 6.10 Å². The Balaban J connectivity index is 2.82. The zero-order valence-corrected chi connectivity index (χ0v) is 10.8. The van der Waals surface area contributed by atoms with Crippen molar-refractivity contribution in [2.75, 3.05) is 31.7 Å². The second-order valence-electron chi connectivity index (χ2n) is 4.01. The van der Waals surface area contributed by atoms with Crippen LogP contribution in [0, 0.1) is 11.3 Å². The monoisotopic (exact) mass is 249 g/mol. The first kappa shape index (κ1) is 14.4. The Bertz CT molecular complexity index is 401. The van der Waals surface area contributed by atoms with Crippen molar-refractivity contribution in [1.29, 1.82) is 5.26 Å². The fourth-order valence-electron chi connectivity index (χ4n) is 1.59. The summed E-state index contributed by atoms with van der Waals surface area (Å²) in [6, 6.07) is 5.75. The van der Waals surface area contributed by atoms with E-state index in [4.69, 9.17) is 10.00 Å². The summed E-state index contributed by atoms with van der Waals surface area (Å²) in [5.41, 5.74) is 0.819. The molecule has 1 heterocycles. The van der Waals surface area contributed by atoms with E-state index in [1.807, 2.05) is 11.0 Å². The van der Waals surface area contributed by atoms with Crippen LogP contribution in [0.3, 0.4) is 0 Å². The first-order chi connectivity index (χ1) is 8.69. The Morgan fingerprint density at radius 3 is 2.94 bits per heavy atom. The van der Waals surface area contributed by atoms with Crippen molar-refractivity contribution in [3.8, 4) is 6.07 Å². The van der Waals surface area contributed by atoms with E-state index in [9.17, 15) is 5.11 Å². The number of pyridine rings is 1. The molecule has 0 spiro atoms. The number of ether oxygens (including phenoxy) is 1. The summed E-state index contributed by atoms with van der Waals surface area (Å²) in [6.45, 7) is 3.57. The number of hydrogen-bond donors (Lipinski definition) is 1. The lowest BCUT2D eigenvalue weighted by Gasteiger charge is -2.23. The van der Waals surface area contributed by atoms with Gasteiger partial charge in [0.1, 0.15) is 5.82 Å². The van der Waals surface area contributed by atoms with E-state index in [1.54, 1.807) is 26.3 Å². The maximum Gasteiger partial charge on any atom is 0.128 e. The topological polar surface area (TPSA) is 69.4 Å². The molecule has 0 aliphatic heterocycles. The minimum Gasteiger partial charge on any atom is -0.389 e. The molecule has 0 bridgehead atoms. The second kappa shape index (κ2) is 7.64. The maximum atomic E-state index is 9.56. The van der Waals surface area contributed by atoms with E-state index in [0.29, 0.717) is 26.1 Å². The lowest BCUT2D eigenvalue weighted by molar-refractivity contribution is 0.199. The van der Waals surface area contributed by atoms with Gasteiger partial charge >= 0.3 is 0 Å². The van der Waals surface area contributed by atoms with Crippen LogP contribution in [-0.4, -0.2) is 36.9 Å². The minimum absolute atomic E-state index is 0.435. The fourth-order valence-corrected chi connectivity index (χ4v) is 1.59. The van der Waals surface area contributed by atoms with Gasteiger partial charge in [0.2, 0.25) is 0 Å². The Morgan fingerprint density at radius 2 is 2.33 bits per heavy atom. The molecule has 1 aromatic rings. The predicted octanol–water partition coefficient (Wildman–Crippen LogP) is 1.50. The van der Waals surface area contributed by atoms with Gasteiger partial charge in [0, 0.05) is 26.4 Å². The average molecular weight is 249 g/mol. The van der Waals surface area contributed by atoms with Gasteiger partial charge in [0.25, 0.3) is 0 Å². The van der Waals surface area contributed by atoms with Crippen molar-refractivity contribution in [2.45, 2.75) is 19.4 Å². The Kier molecular flexibility index (Phi) is 6.12. The van der Waals surface area contributed by atoms with E-state index >= 15 is 0 Å². The van der Waals surface area contributed by atoms with Crippen molar-refractivity contribution in [1.82, 2.24) is 4.98 Å². The molecule has 0 aliphatic carbocycles. The predicted molar refractivity (Wildman–Crippen MR) is 69.2 cm³/mol. The summed E-state index contributed by atoms with van der Waals surface area (Å²) in [5, 5.41) is 18.2. The molecule has 0 saturated carbocycles. The van der Waals surface area contributed by atoms with Crippen LogP contribution in [0.25, 0.3) is 0 Å². The van der Waals surface area contributed by atoms with Crippen molar-refractivity contribution in [2.24, 2.45) is 0 Å². The molecule has 0 saturated heterocycles. The van der Waals surface area contributed by atoms with Crippen molar-refractivity contribution in [3.05, 3.63) is 23.9 Å². The highest BCUT2D eigenvalue weighted by molar-refractivity contribution is 5.41. The number of nitrogens with zero attached hydrogens (tertiary/aromatic N) is 3. The summed E-state index contributed by atoms with van der Waals surface area (Å²) in [6.07, 6.45) is 1.58. The largest absolute Gasteiger partial charge is 0.389 e. The third-order valence-electron chi connectivity index (χ3n) is 2.63. The molecule has 1 atom stereocenters. The molecule has 1 rings (SSSR count). The van der Waals surface area contributed by atoms with Gasteiger partial charge in [-0.15, -0.1) is 0 Å². The first-order valence-corrected chi connectivity index (χ1v) is 5.94. The molecule has 0 amide bonds. The van der Waals surface area contributed by atoms with E-state index in [1.165, 1.54) is 0 Å². The van der Waals surface area contributed by atoms with Gasteiger partial charge in [0.15, 0.2) is 0 Å². The minimum atomic E-state index is -0.521. The Morgan fingerprint density at radius 1 is 1.56 bits per heavy atom. The van der Waals surface area contributed by atoms with Gasteiger partial charge < -0.3 is 14.7 Å². The molecule has 0 aromatic carbocycles. The van der Waals surface area contributed by atoms with Crippen LogP contribution >= 0.6 is 0 Å². The van der Waals surface area contributed by atoms with Crippen LogP contribution in [-0.2, 0) is 4.74 Å². The van der Waals surface area contributed by atoms with Crippen LogP contribution in [0.4, 0.5) is 5.82 Å². The molecule has 0 aliphatic rings. The van der Waals surface area contributed by atoms with Gasteiger partial charge in [-0.05, 0) is 24.6 Å². The highest BCUT2D eigenvalue weighted by Crippen LogP contribution is 2.18. The number of hydrogen-bond acceptors (Lipinski definition) is 5. The number of anilines is 1. The third-order valence-corrected chi connectivity index (χ3v) is 2.63. The molecule has 0 radical (unpaired) electrons. The van der Waals surface area contributed by atoms with Crippen molar-refractivity contribution >= 4 is 5.82 Å². The lowest BCUT2D eigenvalue weighted by Crippen LogP contribution is -2.29. The number of aliphatic hydroxyl groups is 1. The molecule has 0 fully saturated rings. The Labute approximate surface area is 108 Å². The molecule has 1 unspecified atom stereocenters. The molecular weight excluding hydrogens is 230 g/mol. The van der Waals surface area contributed by atoms with Crippen molar-refractivity contribution < 1.29 is 9.84 Å². The van der Waals surface area contributed by atoms with Crippen LogP contribution < -0.4 is 4.90 Å². The van der Waals surface area contributed by atoms with Crippen LogP contribution in [0.2, 0.25) is 0 Å². The quantitative estimate of drug-likeness (QED) is 0.793. The molecule has 18 heavy (non-hydrogen) atoms. The first-order valence-electron chi connectivity index (χ1n) is 5.94. The smallest absolute Gasteiger partial charge is 0.128 e. The summed E-state index contributed by atoms with van der Waals surface area (Å²) < 4.78 is 5.05. The molecule has 5 heteroatoms. The maximum absolute atomic E-state index is 9.56. The van der Waals surface area contributed by atoms with Gasteiger partial charge in [-0.3, -0.25) is 0 Å². The molecule has 5 nitrogen and oxygen atoms in total. The highest BCUT2D eigenvalue weighted by Gasteiger charge is 2.09. The highest BCUT2D eigenvalue weighted by atomic mass is 16.5. The molecule has 98 valence electrons. The molecule has 1 N–H and O–H groups in total. The van der Waals surface area contributed by atoms with Crippen LogP contribution in [0.15, 0.2) is 18.3 Å². The zero-order valence-electron chi connectivity index (χ0n) is 10.8. The summed E-state index contributed by atoms with van der Waals surface area (Å²) >= 11 is 0. The second-order valence-corrected chi connectivity index (χ2v) is 4.01.